The number of aromatic nitrogens is 4. The second-order valence-electron chi connectivity index (χ2n) is 4.95. The lowest BCUT2D eigenvalue weighted by Gasteiger charge is -2.43. The first kappa shape index (κ1) is 11.3. The largest absolute Gasteiger partial charge is 0.317 e. The molecule has 5 nitrogen and oxygen atoms in total. The van der Waals surface area contributed by atoms with E-state index in [1.54, 1.807) is 11.0 Å². The summed E-state index contributed by atoms with van der Waals surface area (Å²) in [6.07, 6.45) is 2.83. The van der Waals surface area contributed by atoms with Crippen LogP contribution in [0.25, 0.3) is 5.69 Å². The van der Waals surface area contributed by atoms with Gasteiger partial charge < -0.3 is 5.32 Å². The molecule has 18 heavy (non-hydrogen) atoms. The maximum Gasteiger partial charge on any atom is 0.143 e. The van der Waals surface area contributed by atoms with Gasteiger partial charge in [0, 0.05) is 6.04 Å². The third-order valence-corrected chi connectivity index (χ3v) is 4.06. The molecule has 1 N–H and O–H groups in total. The van der Waals surface area contributed by atoms with Crippen molar-refractivity contribution >= 4 is 0 Å². The van der Waals surface area contributed by atoms with Crippen molar-refractivity contribution in [2.24, 2.45) is 5.92 Å². The standard InChI is InChI=1S/C13H17N5/c1-9-12(7-13(9)14-2)10-4-3-5-11(6-10)18-8-15-16-17-18/h3-6,8-9,12-14H,7H2,1-2H3. The highest BCUT2D eigenvalue weighted by Crippen LogP contribution is 2.42. The van der Waals surface area contributed by atoms with Crippen molar-refractivity contribution < 1.29 is 0 Å². The van der Waals surface area contributed by atoms with E-state index in [1.807, 2.05) is 13.1 Å². The summed E-state index contributed by atoms with van der Waals surface area (Å²) in [4.78, 5) is 0. The van der Waals surface area contributed by atoms with Crippen LogP contribution in [0.2, 0.25) is 0 Å². The van der Waals surface area contributed by atoms with E-state index in [1.165, 1.54) is 12.0 Å². The van der Waals surface area contributed by atoms with Gasteiger partial charge in [0.25, 0.3) is 0 Å². The molecule has 3 atom stereocenters. The van der Waals surface area contributed by atoms with Crippen LogP contribution in [-0.2, 0) is 0 Å². The third-order valence-electron chi connectivity index (χ3n) is 4.06. The molecule has 0 aliphatic heterocycles. The van der Waals surface area contributed by atoms with Gasteiger partial charge in [-0.3, -0.25) is 0 Å². The van der Waals surface area contributed by atoms with E-state index < -0.39 is 0 Å². The SMILES string of the molecule is CNC1CC(c2cccc(-n3cnnn3)c2)C1C. The van der Waals surface area contributed by atoms with Crippen LogP contribution >= 0.6 is 0 Å². The molecule has 1 aliphatic carbocycles. The molecule has 3 unspecified atom stereocenters. The van der Waals surface area contributed by atoms with E-state index in [9.17, 15) is 0 Å². The van der Waals surface area contributed by atoms with Crippen LogP contribution in [-0.4, -0.2) is 33.3 Å². The summed E-state index contributed by atoms with van der Waals surface area (Å²) in [5.74, 6) is 1.32. The smallest absolute Gasteiger partial charge is 0.143 e. The van der Waals surface area contributed by atoms with E-state index in [-0.39, 0.29) is 0 Å². The van der Waals surface area contributed by atoms with Crippen LogP contribution in [0.3, 0.4) is 0 Å². The van der Waals surface area contributed by atoms with Crippen molar-refractivity contribution in [3.05, 3.63) is 36.2 Å². The Morgan fingerprint density at radius 3 is 2.94 bits per heavy atom. The van der Waals surface area contributed by atoms with Crippen molar-refractivity contribution in [1.82, 2.24) is 25.5 Å². The highest BCUT2D eigenvalue weighted by atomic mass is 15.5. The minimum absolute atomic E-state index is 0.638. The van der Waals surface area contributed by atoms with Gasteiger partial charge >= 0.3 is 0 Å². The summed E-state index contributed by atoms with van der Waals surface area (Å²) >= 11 is 0. The van der Waals surface area contributed by atoms with Crippen molar-refractivity contribution in [2.45, 2.75) is 25.3 Å². The van der Waals surface area contributed by atoms with Crippen molar-refractivity contribution in [1.29, 1.82) is 0 Å². The maximum absolute atomic E-state index is 3.92. The number of benzene rings is 1. The zero-order valence-corrected chi connectivity index (χ0v) is 10.6. The Labute approximate surface area is 106 Å². The molecule has 0 spiro atoms. The molecule has 94 valence electrons. The molecule has 1 aromatic carbocycles. The number of nitrogens with one attached hydrogen (secondary N) is 1. The van der Waals surface area contributed by atoms with Crippen molar-refractivity contribution in [3.8, 4) is 5.69 Å². The van der Waals surface area contributed by atoms with Gasteiger partial charge in [0.1, 0.15) is 6.33 Å². The molecule has 0 bridgehead atoms. The van der Waals surface area contributed by atoms with Crippen LogP contribution in [0.5, 0.6) is 0 Å². The molecule has 3 rings (SSSR count). The van der Waals surface area contributed by atoms with Gasteiger partial charge in [-0.1, -0.05) is 19.1 Å². The van der Waals surface area contributed by atoms with E-state index in [0.717, 1.165) is 5.69 Å². The normalized spacial score (nSPS) is 26.9. The predicted octanol–water partition coefficient (Wildman–Crippen LogP) is 1.37. The highest BCUT2D eigenvalue weighted by Gasteiger charge is 2.37. The van der Waals surface area contributed by atoms with E-state index in [2.05, 4.69) is 46.0 Å². The molecule has 0 amide bonds. The molecule has 0 saturated heterocycles. The van der Waals surface area contributed by atoms with Crippen LogP contribution in [0.4, 0.5) is 0 Å². The monoisotopic (exact) mass is 243 g/mol. The van der Waals surface area contributed by atoms with Crippen LogP contribution in [0.1, 0.15) is 24.8 Å². The third kappa shape index (κ3) is 1.80. The zero-order chi connectivity index (χ0) is 12.5. The number of hydrogen-bond donors (Lipinski definition) is 1. The summed E-state index contributed by atoms with van der Waals surface area (Å²) < 4.78 is 1.70. The lowest BCUT2D eigenvalue weighted by Crippen LogP contribution is -2.46. The predicted molar refractivity (Wildman–Crippen MR) is 68.5 cm³/mol. The van der Waals surface area contributed by atoms with Crippen LogP contribution < -0.4 is 5.32 Å². The topological polar surface area (TPSA) is 55.6 Å². The Morgan fingerprint density at radius 1 is 1.39 bits per heavy atom. The highest BCUT2D eigenvalue weighted by molar-refractivity contribution is 5.37. The van der Waals surface area contributed by atoms with Crippen LogP contribution in [0.15, 0.2) is 30.6 Å². The lowest BCUT2D eigenvalue weighted by molar-refractivity contribution is 0.194. The van der Waals surface area contributed by atoms with Gasteiger partial charge in [0.15, 0.2) is 0 Å². The van der Waals surface area contributed by atoms with Crippen molar-refractivity contribution in [3.63, 3.8) is 0 Å². The minimum Gasteiger partial charge on any atom is -0.317 e. The molecule has 5 heteroatoms. The fourth-order valence-corrected chi connectivity index (χ4v) is 2.79. The average Bonchev–Trinajstić information content (AvgIpc) is 2.92. The fourth-order valence-electron chi connectivity index (χ4n) is 2.79. The van der Waals surface area contributed by atoms with Gasteiger partial charge in [-0.15, -0.1) is 5.10 Å². The Morgan fingerprint density at radius 2 is 2.28 bits per heavy atom. The van der Waals surface area contributed by atoms with Crippen molar-refractivity contribution in [2.75, 3.05) is 7.05 Å². The molecule has 1 heterocycles. The zero-order valence-electron chi connectivity index (χ0n) is 10.6. The maximum atomic E-state index is 3.92. The van der Waals surface area contributed by atoms with Gasteiger partial charge in [-0.05, 0) is 53.4 Å². The summed E-state index contributed by atoms with van der Waals surface area (Å²) in [6, 6.07) is 9.13. The van der Waals surface area contributed by atoms with E-state index in [4.69, 9.17) is 0 Å². The Balaban J connectivity index is 1.84. The molecule has 0 radical (unpaired) electrons. The summed E-state index contributed by atoms with van der Waals surface area (Å²) in [5, 5.41) is 14.6. The molecular formula is C13H17N5. The average molecular weight is 243 g/mol. The molecule has 1 aliphatic rings. The molecule has 1 aromatic heterocycles. The first-order chi connectivity index (χ1) is 8.79. The van der Waals surface area contributed by atoms with E-state index in [0.29, 0.717) is 17.9 Å². The molecular weight excluding hydrogens is 226 g/mol. The Kier molecular flexibility index (Phi) is 2.83. The fraction of sp³-hybridized carbons (Fsp3) is 0.462. The van der Waals surface area contributed by atoms with E-state index >= 15 is 0 Å². The van der Waals surface area contributed by atoms with Crippen LogP contribution in [0, 0.1) is 5.92 Å². The van der Waals surface area contributed by atoms with Gasteiger partial charge in [-0.2, -0.15) is 0 Å². The first-order valence-electron chi connectivity index (χ1n) is 6.30. The second-order valence-corrected chi connectivity index (χ2v) is 4.95. The summed E-state index contributed by atoms with van der Waals surface area (Å²) in [7, 11) is 2.04. The lowest BCUT2D eigenvalue weighted by atomic mass is 9.67. The second kappa shape index (κ2) is 4.49. The minimum atomic E-state index is 0.638. The number of tetrazole rings is 1. The first-order valence-corrected chi connectivity index (χ1v) is 6.30. The molecule has 2 aromatic rings. The van der Waals surface area contributed by atoms with Gasteiger partial charge in [-0.25, -0.2) is 4.68 Å². The Hall–Kier alpha value is -1.75. The molecule has 1 saturated carbocycles. The summed E-state index contributed by atoms with van der Waals surface area (Å²) in [6.45, 7) is 2.30. The number of nitrogens with zero attached hydrogens (tertiary/aromatic N) is 4. The number of rotatable bonds is 3. The summed E-state index contributed by atoms with van der Waals surface area (Å²) in [5.41, 5.74) is 2.40. The molecule has 1 fully saturated rings. The quantitative estimate of drug-likeness (QED) is 0.884. The Bertz CT molecular complexity index is 522. The number of hydrogen-bond acceptors (Lipinski definition) is 4. The van der Waals surface area contributed by atoms with Gasteiger partial charge in [0.05, 0.1) is 5.69 Å². The van der Waals surface area contributed by atoms with Gasteiger partial charge in [0.2, 0.25) is 0 Å².